The van der Waals surface area contributed by atoms with Crippen LogP contribution in [0, 0.1) is 5.92 Å². The number of hydrogen-bond acceptors (Lipinski definition) is 6. The van der Waals surface area contributed by atoms with Crippen molar-refractivity contribution < 1.29 is 13.9 Å². The molecule has 1 aliphatic rings. The second kappa shape index (κ2) is 11.2. The number of nitrogens with zero attached hydrogens (tertiary/aromatic N) is 4. The Bertz CT molecular complexity index is 882. The van der Waals surface area contributed by atoms with Crippen LogP contribution in [0.15, 0.2) is 28.2 Å². The summed E-state index contributed by atoms with van der Waals surface area (Å²) in [5.74, 6) is 3.07. The Balaban J connectivity index is 1.50. The van der Waals surface area contributed by atoms with E-state index < -0.39 is 0 Å². The molecule has 0 bridgehead atoms. The number of allylic oxidation sites excluding steroid dienone is 2. The van der Waals surface area contributed by atoms with Crippen molar-refractivity contribution in [2.45, 2.75) is 59.7 Å². The van der Waals surface area contributed by atoms with Gasteiger partial charge in [0.05, 0.1) is 6.54 Å². The number of hydrogen-bond donors (Lipinski definition) is 1. The van der Waals surface area contributed by atoms with Gasteiger partial charge >= 0.3 is 0 Å². The summed E-state index contributed by atoms with van der Waals surface area (Å²) in [7, 11) is 1.59. The van der Waals surface area contributed by atoms with Crippen molar-refractivity contribution in [3.05, 3.63) is 47.0 Å². The molecule has 0 spiro atoms. The number of carbonyl (C=O) groups excluding carboxylic acids is 1. The molecule has 3 heterocycles. The number of amides is 1. The Kier molecular flexibility index (Phi) is 8.43. The Morgan fingerprint density at radius 2 is 2.13 bits per heavy atom. The van der Waals surface area contributed by atoms with E-state index in [0.717, 1.165) is 50.7 Å². The van der Waals surface area contributed by atoms with Crippen molar-refractivity contribution in [3.8, 4) is 0 Å². The average molecular weight is 430 g/mol. The van der Waals surface area contributed by atoms with Crippen molar-refractivity contribution in [2.75, 3.05) is 26.7 Å². The molecule has 1 N–H and O–H groups in total. The smallest absolute Gasteiger partial charge is 0.287 e. The van der Waals surface area contributed by atoms with Gasteiger partial charge in [0.15, 0.2) is 11.6 Å². The lowest BCUT2D eigenvalue weighted by molar-refractivity contribution is 0.0913. The van der Waals surface area contributed by atoms with Crippen molar-refractivity contribution >= 4 is 5.91 Å². The Morgan fingerprint density at radius 1 is 1.29 bits per heavy atom. The molecule has 31 heavy (non-hydrogen) atoms. The molecule has 0 aromatic carbocycles. The third-order valence-electron chi connectivity index (χ3n) is 5.56. The molecule has 1 unspecified atom stereocenters. The highest BCUT2D eigenvalue weighted by molar-refractivity contribution is 5.91. The van der Waals surface area contributed by atoms with E-state index in [1.807, 2.05) is 0 Å². The van der Waals surface area contributed by atoms with Crippen LogP contribution in [-0.2, 0) is 30.9 Å². The largest absolute Gasteiger partial charge is 0.453 e. The first-order chi connectivity index (χ1) is 15.0. The quantitative estimate of drug-likeness (QED) is 0.584. The first kappa shape index (κ1) is 23.2. The highest BCUT2D eigenvalue weighted by Crippen LogP contribution is 2.15. The Morgan fingerprint density at radius 3 is 2.90 bits per heavy atom. The number of fused-ring (bicyclic) bond motifs is 1. The first-order valence-electron chi connectivity index (χ1n) is 11.1. The van der Waals surface area contributed by atoms with Gasteiger partial charge in [-0.25, -0.2) is 0 Å². The zero-order valence-corrected chi connectivity index (χ0v) is 19.2. The molecule has 8 nitrogen and oxygen atoms in total. The number of rotatable bonds is 10. The van der Waals surface area contributed by atoms with Crippen LogP contribution in [0.3, 0.4) is 0 Å². The Labute approximate surface area is 184 Å². The minimum atomic E-state index is -0.264. The lowest BCUT2D eigenvalue weighted by Crippen LogP contribution is -2.32. The van der Waals surface area contributed by atoms with Crippen LogP contribution in [0.5, 0.6) is 0 Å². The minimum absolute atomic E-state index is 0.264. The van der Waals surface area contributed by atoms with Crippen molar-refractivity contribution in [1.82, 2.24) is 25.0 Å². The number of aromatic nitrogens is 3. The third kappa shape index (κ3) is 6.77. The van der Waals surface area contributed by atoms with E-state index in [2.05, 4.69) is 51.8 Å². The number of furan rings is 1. The summed E-state index contributed by atoms with van der Waals surface area (Å²) in [4.78, 5) is 14.9. The first-order valence-corrected chi connectivity index (χ1v) is 11.1. The summed E-state index contributed by atoms with van der Waals surface area (Å²) in [5, 5.41) is 11.6. The number of nitrogens with one attached hydrogen (secondary N) is 1. The molecule has 3 rings (SSSR count). The molecular formula is C23H35N5O3. The molecule has 2 aromatic rings. The van der Waals surface area contributed by atoms with Gasteiger partial charge in [0.2, 0.25) is 0 Å². The van der Waals surface area contributed by atoms with Gasteiger partial charge in [-0.1, -0.05) is 18.6 Å². The van der Waals surface area contributed by atoms with Crippen molar-refractivity contribution in [3.63, 3.8) is 0 Å². The maximum Gasteiger partial charge on any atom is 0.287 e. The molecule has 0 fully saturated rings. The molecule has 1 aliphatic heterocycles. The van der Waals surface area contributed by atoms with E-state index in [0.29, 0.717) is 24.8 Å². The van der Waals surface area contributed by atoms with Crippen LogP contribution < -0.4 is 5.32 Å². The highest BCUT2D eigenvalue weighted by Gasteiger charge is 2.20. The van der Waals surface area contributed by atoms with Gasteiger partial charge in [0, 0.05) is 39.7 Å². The standard InChI is InChI=1S/C23H35N5O3/c1-17(2)6-5-7-18(3)15-27-11-10-21-25-26-22(28(21)13-12-27)14-24-23(29)20-9-8-19(31-20)16-30-4/h6,8-9,18H,5,7,10-16H2,1-4H3,(H,24,29). The van der Waals surface area contributed by atoms with Crippen LogP contribution in [0.1, 0.15) is 61.6 Å². The van der Waals surface area contributed by atoms with Gasteiger partial charge in [-0.05, 0) is 44.7 Å². The Hall–Kier alpha value is -2.45. The highest BCUT2D eigenvalue weighted by atomic mass is 16.5. The fourth-order valence-electron chi connectivity index (χ4n) is 3.89. The normalized spacial score (nSPS) is 15.2. The maximum absolute atomic E-state index is 12.4. The van der Waals surface area contributed by atoms with Crippen LogP contribution in [-0.4, -0.2) is 52.3 Å². The number of ether oxygens (including phenoxy) is 1. The molecule has 0 aliphatic carbocycles. The second-order valence-corrected chi connectivity index (χ2v) is 8.58. The summed E-state index contributed by atoms with van der Waals surface area (Å²) in [6.45, 7) is 11.2. The molecule has 0 radical (unpaired) electrons. The van der Waals surface area contributed by atoms with E-state index in [1.54, 1.807) is 19.2 Å². The lowest BCUT2D eigenvalue weighted by Gasteiger charge is -2.23. The van der Waals surface area contributed by atoms with E-state index >= 15 is 0 Å². The topological polar surface area (TPSA) is 85.4 Å². The number of methoxy groups -OCH3 is 1. The molecule has 1 amide bonds. The van der Waals surface area contributed by atoms with Crippen LogP contribution in [0.4, 0.5) is 0 Å². The molecule has 2 aromatic heterocycles. The minimum Gasteiger partial charge on any atom is -0.453 e. The average Bonchev–Trinajstić information content (AvgIpc) is 3.30. The zero-order chi connectivity index (χ0) is 22.2. The van der Waals surface area contributed by atoms with Crippen LogP contribution in [0.2, 0.25) is 0 Å². The molecule has 170 valence electrons. The monoisotopic (exact) mass is 429 g/mol. The third-order valence-corrected chi connectivity index (χ3v) is 5.56. The van der Waals surface area contributed by atoms with Gasteiger partial charge in [-0.15, -0.1) is 10.2 Å². The predicted molar refractivity (Wildman–Crippen MR) is 119 cm³/mol. The van der Waals surface area contributed by atoms with Gasteiger partial charge in [0.1, 0.15) is 18.2 Å². The predicted octanol–water partition coefficient (Wildman–Crippen LogP) is 3.19. The SMILES string of the molecule is COCc1ccc(C(=O)NCc2nnc3n2CCN(CC(C)CCC=C(C)C)CC3)o1. The molecule has 8 heteroatoms. The molecule has 1 atom stereocenters. The summed E-state index contributed by atoms with van der Waals surface area (Å²) in [6.07, 6.45) is 5.56. The van der Waals surface area contributed by atoms with Crippen molar-refractivity contribution in [1.29, 1.82) is 0 Å². The lowest BCUT2D eigenvalue weighted by atomic mass is 10.0. The fourth-order valence-corrected chi connectivity index (χ4v) is 3.89. The van der Waals surface area contributed by atoms with E-state index in [9.17, 15) is 4.79 Å². The molecule has 0 saturated heterocycles. The zero-order valence-electron chi connectivity index (χ0n) is 19.2. The fraction of sp³-hybridized carbons (Fsp3) is 0.609. The molecular weight excluding hydrogens is 394 g/mol. The summed E-state index contributed by atoms with van der Waals surface area (Å²) >= 11 is 0. The van der Waals surface area contributed by atoms with Gasteiger partial charge in [0.25, 0.3) is 5.91 Å². The summed E-state index contributed by atoms with van der Waals surface area (Å²) < 4.78 is 12.7. The van der Waals surface area contributed by atoms with Crippen molar-refractivity contribution in [2.24, 2.45) is 5.92 Å². The van der Waals surface area contributed by atoms with E-state index in [4.69, 9.17) is 9.15 Å². The van der Waals surface area contributed by atoms with Crippen LogP contribution >= 0.6 is 0 Å². The van der Waals surface area contributed by atoms with Gasteiger partial charge < -0.3 is 23.9 Å². The summed E-state index contributed by atoms with van der Waals surface area (Å²) in [5.41, 5.74) is 1.39. The molecule has 0 saturated carbocycles. The summed E-state index contributed by atoms with van der Waals surface area (Å²) in [6, 6.07) is 3.40. The van der Waals surface area contributed by atoms with E-state index in [-0.39, 0.29) is 11.7 Å². The maximum atomic E-state index is 12.4. The second-order valence-electron chi connectivity index (χ2n) is 8.58. The van der Waals surface area contributed by atoms with Crippen LogP contribution in [0.25, 0.3) is 0 Å². The van der Waals surface area contributed by atoms with Gasteiger partial charge in [-0.3, -0.25) is 4.79 Å². The van der Waals surface area contributed by atoms with Gasteiger partial charge in [-0.2, -0.15) is 0 Å². The number of carbonyl (C=O) groups is 1. The van der Waals surface area contributed by atoms with E-state index in [1.165, 1.54) is 12.0 Å².